The quantitative estimate of drug-likeness (QED) is 0.666. The molecule has 0 bridgehead atoms. The molecule has 2 aromatic rings. The number of halogens is 1. The molecule has 0 spiro atoms. The van der Waals surface area contributed by atoms with Crippen molar-refractivity contribution in [1.82, 2.24) is 5.32 Å². The van der Waals surface area contributed by atoms with E-state index in [1.54, 1.807) is 0 Å². The summed E-state index contributed by atoms with van der Waals surface area (Å²) in [6.07, 6.45) is 0. The van der Waals surface area contributed by atoms with Crippen molar-refractivity contribution in [2.45, 2.75) is 46.1 Å². The molecule has 0 aromatic heterocycles. The number of ether oxygens (including phenoxy) is 2. The number of hydrogen-bond donors (Lipinski definition) is 1. The molecule has 0 fully saturated rings. The van der Waals surface area contributed by atoms with E-state index in [4.69, 9.17) is 9.47 Å². The lowest BCUT2D eigenvalue weighted by molar-refractivity contribution is -0.123. The van der Waals surface area contributed by atoms with Gasteiger partial charge in [-0.15, -0.1) is 0 Å². The van der Waals surface area contributed by atoms with Gasteiger partial charge in [-0.25, -0.2) is 0 Å². The third kappa shape index (κ3) is 6.58. The van der Waals surface area contributed by atoms with Gasteiger partial charge >= 0.3 is 0 Å². The van der Waals surface area contributed by atoms with Crippen molar-refractivity contribution in [3.8, 4) is 11.5 Å². The van der Waals surface area contributed by atoms with E-state index in [1.165, 1.54) is 5.56 Å². The number of aryl methyl sites for hydroxylation is 1. The van der Waals surface area contributed by atoms with E-state index in [0.717, 1.165) is 15.8 Å². The van der Waals surface area contributed by atoms with E-state index in [9.17, 15) is 4.79 Å². The highest BCUT2D eigenvalue weighted by atomic mass is 79.9. The van der Waals surface area contributed by atoms with Crippen LogP contribution < -0.4 is 14.8 Å². The van der Waals surface area contributed by atoms with Crippen LogP contribution >= 0.6 is 15.9 Å². The molecule has 4 nitrogen and oxygen atoms in total. The third-order valence-electron chi connectivity index (χ3n) is 4.15. The van der Waals surface area contributed by atoms with Crippen molar-refractivity contribution < 1.29 is 14.3 Å². The van der Waals surface area contributed by atoms with Gasteiger partial charge in [0.1, 0.15) is 18.1 Å². The van der Waals surface area contributed by atoms with Gasteiger partial charge in [0.25, 0.3) is 5.91 Å². The Kier molecular flexibility index (Phi) is 7.31. The van der Waals surface area contributed by atoms with Gasteiger partial charge in [-0.1, -0.05) is 45.0 Å². The molecule has 0 aliphatic heterocycles. The average Bonchev–Trinajstić information content (AvgIpc) is 2.59. The van der Waals surface area contributed by atoms with Crippen LogP contribution in [0.3, 0.4) is 0 Å². The van der Waals surface area contributed by atoms with Crippen LogP contribution in [0.2, 0.25) is 0 Å². The van der Waals surface area contributed by atoms with Gasteiger partial charge in [0.2, 0.25) is 0 Å². The normalized spacial score (nSPS) is 12.4. The Hall–Kier alpha value is -2.01. The maximum absolute atomic E-state index is 12.1. The Morgan fingerprint density at radius 3 is 2.44 bits per heavy atom. The predicted octanol–water partition coefficient (Wildman–Crippen LogP) is 5.02. The van der Waals surface area contributed by atoms with Crippen molar-refractivity contribution in [2.75, 3.05) is 13.2 Å². The number of carbonyl (C=O) groups is 1. The number of benzene rings is 2. The van der Waals surface area contributed by atoms with Crippen molar-refractivity contribution in [2.24, 2.45) is 0 Å². The first-order valence-electron chi connectivity index (χ1n) is 9.07. The molecule has 27 heavy (non-hydrogen) atoms. The Morgan fingerprint density at radius 2 is 1.81 bits per heavy atom. The van der Waals surface area contributed by atoms with Crippen LogP contribution in [0, 0.1) is 6.92 Å². The molecule has 0 saturated heterocycles. The third-order valence-corrected chi connectivity index (χ3v) is 4.77. The smallest absolute Gasteiger partial charge is 0.258 e. The molecule has 0 unspecified atom stereocenters. The van der Waals surface area contributed by atoms with Gasteiger partial charge in [0.15, 0.2) is 6.61 Å². The van der Waals surface area contributed by atoms with Crippen LogP contribution in [0.25, 0.3) is 0 Å². The number of para-hydroxylation sites is 1. The summed E-state index contributed by atoms with van der Waals surface area (Å²) in [7, 11) is 0. The molecule has 0 radical (unpaired) electrons. The first-order valence-corrected chi connectivity index (χ1v) is 9.86. The Balaban J connectivity index is 1.81. The number of rotatable bonds is 7. The summed E-state index contributed by atoms with van der Waals surface area (Å²) >= 11 is 3.52. The van der Waals surface area contributed by atoms with E-state index in [2.05, 4.69) is 42.0 Å². The number of nitrogens with one attached hydrogen (secondary N) is 1. The maximum atomic E-state index is 12.1. The molecule has 0 heterocycles. The Labute approximate surface area is 170 Å². The molecule has 146 valence electrons. The number of hydrogen-bond acceptors (Lipinski definition) is 3. The van der Waals surface area contributed by atoms with Crippen molar-refractivity contribution in [3.63, 3.8) is 0 Å². The summed E-state index contributed by atoms with van der Waals surface area (Å²) in [5.74, 6) is 1.31. The topological polar surface area (TPSA) is 47.6 Å². The fourth-order valence-electron chi connectivity index (χ4n) is 2.52. The summed E-state index contributed by atoms with van der Waals surface area (Å²) in [5.41, 5.74) is 2.33. The molecule has 0 aliphatic carbocycles. The largest absolute Gasteiger partial charge is 0.491 e. The lowest BCUT2D eigenvalue weighted by Gasteiger charge is -2.20. The molecule has 0 saturated carbocycles. The van der Waals surface area contributed by atoms with Gasteiger partial charge in [-0.3, -0.25) is 4.79 Å². The van der Waals surface area contributed by atoms with E-state index in [-0.39, 0.29) is 24.0 Å². The first-order chi connectivity index (χ1) is 12.7. The van der Waals surface area contributed by atoms with Crippen molar-refractivity contribution >= 4 is 21.8 Å². The summed E-state index contributed by atoms with van der Waals surface area (Å²) in [6, 6.07) is 13.7. The van der Waals surface area contributed by atoms with Gasteiger partial charge < -0.3 is 14.8 Å². The fraction of sp³-hybridized carbons (Fsp3) is 0.409. The standard InChI is InChI=1S/C22H28BrNO3/c1-15-8-6-7-9-19(15)26-13-16(2)24-21(25)14-27-20-11-10-17(12-18(20)23)22(3,4)5/h6-12,16H,13-14H2,1-5H3,(H,24,25)/t16-/m1/s1. The molecular formula is C22H28BrNO3. The Bertz CT molecular complexity index is 783. The number of carbonyl (C=O) groups excluding carboxylic acids is 1. The van der Waals surface area contributed by atoms with Crippen LogP contribution in [-0.2, 0) is 10.2 Å². The molecular weight excluding hydrogens is 406 g/mol. The van der Waals surface area contributed by atoms with Crippen molar-refractivity contribution in [1.29, 1.82) is 0 Å². The fourth-order valence-corrected chi connectivity index (χ4v) is 3.01. The summed E-state index contributed by atoms with van der Waals surface area (Å²) < 4.78 is 12.3. The summed E-state index contributed by atoms with van der Waals surface area (Å²) in [4.78, 5) is 12.1. The minimum Gasteiger partial charge on any atom is -0.491 e. The molecule has 1 N–H and O–H groups in total. The molecule has 1 amide bonds. The highest BCUT2D eigenvalue weighted by Crippen LogP contribution is 2.31. The maximum Gasteiger partial charge on any atom is 0.258 e. The van der Waals surface area contributed by atoms with Gasteiger partial charge in [0, 0.05) is 0 Å². The van der Waals surface area contributed by atoms with Gasteiger partial charge in [-0.2, -0.15) is 0 Å². The second kappa shape index (κ2) is 9.27. The van der Waals surface area contributed by atoms with Crippen LogP contribution in [0.1, 0.15) is 38.8 Å². The second-order valence-corrected chi connectivity index (χ2v) is 8.58. The Morgan fingerprint density at radius 1 is 1.11 bits per heavy atom. The minimum absolute atomic E-state index is 0.0395. The van der Waals surface area contributed by atoms with E-state index >= 15 is 0 Å². The van der Waals surface area contributed by atoms with Crippen LogP contribution in [-0.4, -0.2) is 25.2 Å². The molecule has 2 aromatic carbocycles. The zero-order valence-electron chi connectivity index (χ0n) is 16.6. The molecule has 5 heteroatoms. The lowest BCUT2D eigenvalue weighted by Crippen LogP contribution is -2.39. The minimum atomic E-state index is -0.178. The van der Waals surface area contributed by atoms with Crippen LogP contribution in [0.4, 0.5) is 0 Å². The molecule has 1 atom stereocenters. The van der Waals surface area contributed by atoms with Gasteiger partial charge in [0.05, 0.1) is 10.5 Å². The zero-order valence-corrected chi connectivity index (χ0v) is 18.2. The second-order valence-electron chi connectivity index (χ2n) is 7.73. The molecule has 2 rings (SSSR count). The summed E-state index contributed by atoms with van der Waals surface area (Å²) in [5, 5.41) is 2.89. The monoisotopic (exact) mass is 433 g/mol. The van der Waals surface area contributed by atoms with E-state index in [0.29, 0.717) is 12.4 Å². The highest BCUT2D eigenvalue weighted by molar-refractivity contribution is 9.10. The average molecular weight is 434 g/mol. The van der Waals surface area contributed by atoms with Gasteiger partial charge in [-0.05, 0) is 64.5 Å². The zero-order chi connectivity index (χ0) is 20.0. The van der Waals surface area contributed by atoms with E-state index in [1.807, 2.05) is 56.3 Å². The van der Waals surface area contributed by atoms with Crippen LogP contribution in [0.15, 0.2) is 46.9 Å². The SMILES string of the molecule is Cc1ccccc1OC[C@@H](C)NC(=O)COc1ccc(C(C)(C)C)cc1Br. The molecule has 0 aliphatic rings. The highest BCUT2D eigenvalue weighted by Gasteiger charge is 2.16. The first kappa shape index (κ1) is 21.3. The van der Waals surface area contributed by atoms with Crippen molar-refractivity contribution in [3.05, 3.63) is 58.1 Å². The lowest BCUT2D eigenvalue weighted by atomic mass is 9.87. The number of amides is 1. The van der Waals surface area contributed by atoms with Crippen LogP contribution in [0.5, 0.6) is 11.5 Å². The summed E-state index contributed by atoms with van der Waals surface area (Å²) in [6.45, 7) is 10.7. The predicted molar refractivity (Wildman–Crippen MR) is 113 cm³/mol. The van der Waals surface area contributed by atoms with E-state index < -0.39 is 0 Å².